The Morgan fingerprint density at radius 3 is 2.20 bits per heavy atom. The maximum atomic E-state index is 11.1. The lowest BCUT2D eigenvalue weighted by Crippen LogP contribution is -2.45. The second-order valence-electron chi connectivity index (χ2n) is 6.06. The van der Waals surface area contributed by atoms with Crippen LogP contribution in [0, 0.1) is 0 Å². The van der Waals surface area contributed by atoms with Crippen LogP contribution in [0.3, 0.4) is 0 Å². The zero-order chi connectivity index (χ0) is 14.2. The summed E-state index contributed by atoms with van der Waals surface area (Å²) in [5, 5.41) is 0. The van der Waals surface area contributed by atoms with Crippen molar-refractivity contribution >= 4 is 9.84 Å². The average Bonchev–Trinajstić information content (AvgIpc) is 2.38. The van der Waals surface area contributed by atoms with E-state index in [1.54, 1.807) is 0 Å². The highest BCUT2D eigenvalue weighted by Gasteiger charge is 2.35. The lowest BCUT2D eigenvalue weighted by Gasteiger charge is -2.34. The molecule has 0 amide bonds. The van der Waals surface area contributed by atoms with Crippen molar-refractivity contribution in [2.45, 2.75) is 43.7 Å². The molecule has 1 saturated heterocycles. The molecule has 20 heavy (non-hydrogen) atoms. The fraction of sp³-hybridized carbons (Fsp3) is 0.600. The number of ether oxygens (including phenoxy) is 1. The number of benzene rings is 1. The molecular weight excluding hydrogens is 274 g/mol. The molecule has 2 N–H and O–H groups in total. The SMILES string of the molecule is NC1(c2ccc(OC3CS(=O)(=O)C3)cc2)CCCCC1. The highest BCUT2D eigenvalue weighted by molar-refractivity contribution is 7.92. The Balaban J connectivity index is 1.65. The van der Waals surface area contributed by atoms with Gasteiger partial charge in [-0.25, -0.2) is 8.42 Å². The standard InChI is InChI=1S/C15H21NO3S/c16-15(8-2-1-3-9-15)12-4-6-13(7-5-12)19-14-10-20(17,18)11-14/h4-7,14H,1-3,8-11,16H2. The number of nitrogens with two attached hydrogens (primary N) is 1. The van der Waals surface area contributed by atoms with Crippen LogP contribution in [0.1, 0.15) is 37.7 Å². The van der Waals surface area contributed by atoms with E-state index in [1.807, 2.05) is 24.3 Å². The third-order valence-corrected chi connectivity index (χ3v) is 6.12. The molecule has 110 valence electrons. The van der Waals surface area contributed by atoms with Crippen molar-refractivity contribution < 1.29 is 13.2 Å². The van der Waals surface area contributed by atoms with Gasteiger partial charge in [-0.2, -0.15) is 0 Å². The largest absolute Gasteiger partial charge is 0.488 e. The first kappa shape index (κ1) is 13.9. The average molecular weight is 295 g/mol. The molecule has 1 heterocycles. The third kappa shape index (κ3) is 2.83. The van der Waals surface area contributed by atoms with E-state index >= 15 is 0 Å². The molecule has 1 aliphatic carbocycles. The minimum atomic E-state index is -2.83. The van der Waals surface area contributed by atoms with Gasteiger partial charge in [-0.3, -0.25) is 0 Å². The molecule has 5 heteroatoms. The third-order valence-electron chi connectivity index (χ3n) is 4.36. The molecule has 1 saturated carbocycles. The molecule has 0 atom stereocenters. The van der Waals surface area contributed by atoms with E-state index in [0.29, 0.717) is 0 Å². The quantitative estimate of drug-likeness (QED) is 0.925. The van der Waals surface area contributed by atoms with E-state index in [2.05, 4.69) is 0 Å². The summed E-state index contributed by atoms with van der Waals surface area (Å²) in [5.74, 6) is 0.999. The zero-order valence-corrected chi connectivity index (χ0v) is 12.4. The van der Waals surface area contributed by atoms with Crippen molar-refractivity contribution in [1.29, 1.82) is 0 Å². The Morgan fingerprint density at radius 1 is 1.05 bits per heavy atom. The molecule has 2 aliphatic rings. The van der Waals surface area contributed by atoms with Crippen LogP contribution in [-0.4, -0.2) is 26.0 Å². The second kappa shape index (κ2) is 5.04. The van der Waals surface area contributed by atoms with Gasteiger partial charge in [0.25, 0.3) is 0 Å². The summed E-state index contributed by atoms with van der Waals surface area (Å²) in [7, 11) is -2.83. The lowest BCUT2D eigenvalue weighted by atomic mass is 9.77. The fourth-order valence-electron chi connectivity index (χ4n) is 3.11. The Labute approximate surface area is 120 Å². The van der Waals surface area contributed by atoms with Gasteiger partial charge in [0.15, 0.2) is 9.84 Å². The predicted octanol–water partition coefficient (Wildman–Crippen LogP) is 1.98. The monoisotopic (exact) mass is 295 g/mol. The van der Waals surface area contributed by atoms with Crippen LogP contribution in [0.4, 0.5) is 0 Å². The zero-order valence-electron chi connectivity index (χ0n) is 11.5. The van der Waals surface area contributed by atoms with Crippen molar-refractivity contribution in [2.75, 3.05) is 11.5 Å². The van der Waals surface area contributed by atoms with E-state index in [1.165, 1.54) is 19.3 Å². The first-order chi connectivity index (χ1) is 9.47. The van der Waals surface area contributed by atoms with Crippen LogP contribution < -0.4 is 10.5 Å². The van der Waals surface area contributed by atoms with Crippen molar-refractivity contribution in [3.63, 3.8) is 0 Å². The molecule has 2 fully saturated rings. The molecule has 1 aromatic carbocycles. The van der Waals surface area contributed by atoms with Crippen LogP contribution in [0.15, 0.2) is 24.3 Å². The first-order valence-electron chi connectivity index (χ1n) is 7.23. The summed E-state index contributed by atoms with van der Waals surface area (Å²) >= 11 is 0. The Hall–Kier alpha value is -1.07. The summed E-state index contributed by atoms with van der Waals surface area (Å²) in [6.45, 7) is 0. The summed E-state index contributed by atoms with van der Waals surface area (Å²) < 4.78 is 27.8. The number of sulfone groups is 1. The van der Waals surface area contributed by atoms with Gasteiger partial charge in [-0.05, 0) is 30.5 Å². The van der Waals surface area contributed by atoms with Crippen molar-refractivity contribution in [3.8, 4) is 5.75 Å². The lowest BCUT2D eigenvalue weighted by molar-refractivity contribution is 0.230. The van der Waals surface area contributed by atoms with Gasteiger partial charge < -0.3 is 10.5 Å². The Kier molecular flexibility index (Phi) is 3.50. The Morgan fingerprint density at radius 2 is 1.65 bits per heavy atom. The van der Waals surface area contributed by atoms with Gasteiger partial charge in [0, 0.05) is 5.54 Å². The number of hydrogen-bond donors (Lipinski definition) is 1. The van der Waals surface area contributed by atoms with Crippen LogP contribution in [0.25, 0.3) is 0 Å². The summed E-state index contributed by atoms with van der Waals surface area (Å²) in [4.78, 5) is 0. The van der Waals surface area contributed by atoms with Crippen LogP contribution >= 0.6 is 0 Å². The maximum Gasteiger partial charge on any atom is 0.157 e. The molecular formula is C15H21NO3S. The summed E-state index contributed by atoms with van der Waals surface area (Å²) in [6.07, 6.45) is 5.54. The van der Waals surface area contributed by atoms with Crippen molar-refractivity contribution in [2.24, 2.45) is 5.73 Å². The first-order valence-corrected chi connectivity index (χ1v) is 9.06. The minimum absolute atomic E-state index is 0.135. The fourth-order valence-corrected chi connectivity index (χ4v) is 4.29. The van der Waals surface area contributed by atoms with E-state index < -0.39 is 9.84 Å². The van der Waals surface area contributed by atoms with Crippen molar-refractivity contribution in [3.05, 3.63) is 29.8 Å². The van der Waals surface area contributed by atoms with E-state index in [0.717, 1.165) is 24.2 Å². The van der Waals surface area contributed by atoms with Gasteiger partial charge in [0.1, 0.15) is 11.9 Å². The molecule has 0 spiro atoms. The molecule has 0 radical (unpaired) electrons. The smallest absolute Gasteiger partial charge is 0.157 e. The summed E-state index contributed by atoms with van der Waals surface area (Å²) in [5.41, 5.74) is 7.44. The molecule has 1 aliphatic heterocycles. The van der Waals surface area contributed by atoms with Gasteiger partial charge >= 0.3 is 0 Å². The van der Waals surface area contributed by atoms with E-state index in [4.69, 9.17) is 10.5 Å². The molecule has 3 rings (SSSR count). The highest BCUT2D eigenvalue weighted by atomic mass is 32.2. The molecule has 1 aromatic rings. The molecule has 0 aromatic heterocycles. The number of rotatable bonds is 3. The predicted molar refractivity (Wildman–Crippen MR) is 78.5 cm³/mol. The minimum Gasteiger partial charge on any atom is -0.488 e. The molecule has 0 bridgehead atoms. The van der Waals surface area contributed by atoms with Crippen LogP contribution in [0.5, 0.6) is 5.75 Å². The normalized spacial score (nSPS) is 24.9. The molecule has 0 unspecified atom stereocenters. The van der Waals surface area contributed by atoms with Crippen LogP contribution in [0.2, 0.25) is 0 Å². The van der Waals surface area contributed by atoms with Gasteiger partial charge in [0.05, 0.1) is 11.5 Å². The molecule has 4 nitrogen and oxygen atoms in total. The second-order valence-corrected chi connectivity index (χ2v) is 8.21. The highest BCUT2D eigenvalue weighted by Crippen LogP contribution is 2.35. The Bertz CT molecular complexity index is 562. The number of hydrogen-bond acceptors (Lipinski definition) is 4. The topological polar surface area (TPSA) is 69.4 Å². The van der Waals surface area contributed by atoms with Gasteiger partial charge in [-0.15, -0.1) is 0 Å². The van der Waals surface area contributed by atoms with Crippen molar-refractivity contribution in [1.82, 2.24) is 0 Å². The summed E-state index contributed by atoms with van der Waals surface area (Å²) in [6, 6.07) is 7.86. The van der Waals surface area contributed by atoms with E-state index in [9.17, 15) is 8.42 Å². The van der Waals surface area contributed by atoms with E-state index in [-0.39, 0.29) is 23.1 Å². The maximum absolute atomic E-state index is 11.1. The van der Waals surface area contributed by atoms with Gasteiger partial charge in [-0.1, -0.05) is 31.4 Å². The van der Waals surface area contributed by atoms with Crippen LogP contribution in [-0.2, 0) is 15.4 Å². The van der Waals surface area contributed by atoms with Gasteiger partial charge in [0.2, 0.25) is 0 Å².